The van der Waals surface area contributed by atoms with Gasteiger partial charge in [0.25, 0.3) is 5.91 Å². The predicted octanol–water partition coefficient (Wildman–Crippen LogP) is 5.02. The van der Waals surface area contributed by atoms with Crippen molar-refractivity contribution in [3.63, 3.8) is 0 Å². The zero-order chi connectivity index (χ0) is 19.1. The Morgan fingerprint density at radius 3 is 1.93 bits per heavy atom. The SMILES string of the molecule is O=C1c2ccccc2C(=O)c2c(NC(=O)c3c(Cl)cccc3Cl)cccc21. The van der Waals surface area contributed by atoms with Crippen LogP contribution in [0.25, 0.3) is 0 Å². The Balaban J connectivity index is 1.80. The summed E-state index contributed by atoms with van der Waals surface area (Å²) >= 11 is 12.2. The Labute approximate surface area is 164 Å². The number of carbonyl (C=O) groups is 3. The van der Waals surface area contributed by atoms with E-state index in [-0.39, 0.29) is 44.0 Å². The average Bonchev–Trinajstić information content (AvgIpc) is 2.66. The summed E-state index contributed by atoms with van der Waals surface area (Å²) < 4.78 is 0. The molecule has 4 nitrogen and oxygen atoms in total. The summed E-state index contributed by atoms with van der Waals surface area (Å²) in [7, 11) is 0. The predicted molar refractivity (Wildman–Crippen MR) is 104 cm³/mol. The number of anilines is 1. The summed E-state index contributed by atoms with van der Waals surface area (Å²) in [4.78, 5) is 38.4. The van der Waals surface area contributed by atoms with Crippen molar-refractivity contribution in [2.24, 2.45) is 0 Å². The van der Waals surface area contributed by atoms with Crippen LogP contribution in [-0.4, -0.2) is 17.5 Å². The van der Waals surface area contributed by atoms with Gasteiger partial charge in [-0.15, -0.1) is 0 Å². The first-order valence-corrected chi connectivity index (χ1v) is 8.81. The highest BCUT2D eigenvalue weighted by Crippen LogP contribution is 2.33. The molecule has 0 heterocycles. The molecule has 0 unspecified atom stereocenters. The van der Waals surface area contributed by atoms with Crippen molar-refractivity contribution in [1.29, 1.82) is 0 Å². The van der Waals surface area contributed by atoms with Gasteiger partial charge in [0.1, 0.15) is 0 Å². The van der Waals surface area contributed by atoms with Crippen molar-refractivity contribution in [2.75, 3.05) is 5.32 Å². The van der Waals surface area contributed by atoms with Crippen LogP contribution < -0.4 is 5.32 Å². The number of hydrogen-bond donors (Lipinski definition) is 1. The maximum atomic E-state index is 13.0. The van der Waals surface area contributed by atoms with E-state index in [1.165, 1.54) is 0 Å². The molecule has 0 saturated carbocycles. The molecular formula is C21H11Cl2NO3. The molecule has 0 aromatic heterocycles. The van der Waals surface area contributed by atoms with Crippen LogP contribution in [0.15, 0.2) is 60.7 Å². The Morgan fingerprint density at radius 1 is 0.704 bits per heavy atom. The number of benzene rings is 3. The molecule has 3 aromatic rings. The molecule has 1 N–H and O–H groups in total. The second kappa shape index (κ2) is 6.65. The largest absolute Gasteiger partial charge is 0.321 e. The third-order valence-electron chi connectivity index (χ3n) is 4.39. The van der Waals surface area contributed by atoms with Crippen molar-refractivity contribution in [2.45, 2.75) is 0 Å². The van der Waals surface area contributed by atoms with Gasteiger partial charge in [-0.25, -0.2) is 0 Å². The van der Waals surface area contributed by atoms with Crippen LogP contribution >= 0.6 is 23.2 Å². The van der Waals surface area contributed by atoms with Crippen LogP contribution in [0.5, 0.6) is 0 Å². The van der Waals surface area contributed by atoms with Gasteiger partial charge in [0, 0.05) is 16.7 Å². The number of rotatable bonds is 2. The van der Waals surface area contributed by atoms with Gasteiger partial charge in [0.05, 0.1) is 26.9 Å². The molecule has 0 spiro atoms. The van der Waals surface area contributed by atoms with Crippen molar-refractivity contribution >= 4 is 46.4 Å². The minimum atomic E-state index is -0.557. The van der Waals surface area contributed by atoms with Crippen LogP contribution in [0, 0.1) is 0 Å². The first-order valence-electron chi connectivity index (χ1n) is 8.06. The summed E-state index contributed by atoms with van der Waals surface area (Å²) in [5.74, 6) is -1.13. The van der Waals surface area contributed by atoms with Gasteiger partial charge < -0.3 is 5.32 Å². The van der Waals surface area contributed by atoms with E-state index >= 15 is 0 Å². The standard InChI is InChI=1S/C21H11Cl2NO3/c22-14-8-4-9-15(23)18(14)21(27)24-16-10-3-7-13-17(16)20(26)12-6-2-1-5-11(12)19(13)25/h1-10H,(H,24,27). The van der Waals surface area contributed by atoms with E-state index in [2.05, 4.69) is 5.32 Å². The normalized spacial score (nSPS) is 12.4. The van der Waals surface area contributed by atoms with E-state index in [0.717, 1.165) is 0 Å². The molecule has 27 heavy (non-hydrogen) atoms. The lowest BCUT2D eigenvalue weighted by atomic mass is 9.83. The third kappa shape index (κ3) is 2.83. The lowest BCUT2D eigenvalue weighted by Crippen LogP contribution is -2.24. The molecule has 4 rings (SSSR count). The Bertz CT molecular complexity index is 1120. The first-order chi connectivity index (χ1) is 13.0. The highest BCUT2D eigenvalue weighted by Gasteiger charge is 2.32. The van der Waals surface area contributed by atoms with Crippen molar-refractivity contribution in [3.8, 4) is 0 Å². The number of amides is 1. The summed E-state index contributed by atoms with van der Waals surface area (Å²) in [6, 6.07) is 16.1. The summed E-state index contributed by atoms with van der Waals surface area (Å²) in [5, 5.41) is 3.05. The van der Waals surface area contributed by atoms with Gasteiger partial charge in [-0.1, -0.05) is 65.7 Å². The number of halogens is 2. The van der Waals surface area contributed by atoms with E-state index in [1.807, 2.05) is 0 Å². The van der Waals surface area contributed by atoms with Crippen LogP contribution in [0.2, 0.25) is 10.0 Å². The van der Waals surface area contributed by atoms with Gasteiger partial charge in [-0.05, 0) is 18.2 Å². The van der Waals surface area contributed by atoms with Gasteiger partial charge in [0.15, 0.2) is 11.6 Å². The second-order valence-corrected chi connectivity index (χ2v) is 6.80. The van der Waals surface area contributed by atoms with E-state index in [0.29, 0.717) is 11.1 Å². The fourth-order valence-electron chi connectivity index (χ4n) is 3.15. The second-order valence-electron chi connectivity index (χ2n) is 5.98. The van der Waals surface area contributed by atoms with Crippen LogP contribution in [-0.2, 0) is 0 Å². The number of fused-ring (bicyclic) bond motifs is 2. The molecule has 1 amide bonds. The van der Waals surface area contributed by atoms with Crippen molar-refractivity contribution in [3.05, 3.63) is 98.5 Å². The molecule has 132 valence electrons. The number of carbonyl (C=O) groups excluding carboxylic acids is 3. The van der Waals surface area contributed by atoms with Gasteiger partial charge in [-0.3, -0.25) is 14.4 Å². The molecule has 1 aliphatic carbocycles. The van der Waals surface area contributed by atoms with Crippen LogP contribution in [0.4, 0.5) is 5.69 Å². The molecule has 6 heteroatoms. The topological polar surface area (TPSA) is 63.2 Å². The number of nitrogens with one attached hydrogen (secondary N) is 1. The van der Waals surface area contributed by atoms with E-state index < -0.39 is 5.91 Å². The lowest BCUT2D eigenvalue weighted by Gasteiger charge is -2.20. The highest BCUT2D eigenvalue weighted by molar-refractivity contribution is 6.40. The Morgan fingerprint density at radius 2 is 1.26 bits per heavy atom. The molecule has 0 saturated heterocycles. The molecule has 0 radical (unpaired) electrons. The highest BCUT2D eigenvalue weighted by atomic mass is 35.5. The summed E-state index contributed by atoms with van der Waals surface area (Å²) in [6.07, 6.45) is 0. The maximum absolute atomic E-state index is 13.0. The minimum Gasteiger partial charge on any atom is -0.321 e. The quantitative estimate of drug-likeness (QED) is 0.518. The van der Waals surface area contributed by atoms with E-state index in [9.17, 15) is 14.4 Å². The van der Waals surface area contributed by atoms with E-state index in [1.54, 1.807) is 60.7 Å². The fraction of sp³-hybridized carbons (Fsp3) is 0. The fourth-order valence-corrected chi connectivity index (χ4v) is 3.72. The molecule has 0 aliphatic heterocycles. The summed E-state index contributed by atoms with van der Waals surface area (Å²) in [5.41, 5.74) is 1.43. The van der Waals surface area contributed by atoms with Gasteiger partial charge >= 0.3 is 0 Å². The lowest BCUT2D eigenvalue weighted by molar-refractivity contribution is 0.0978. The number of ketones is 2. The Hall–Kier alpha value is -2.95. The third-order valence-corrected chi connectivity index (χ3v) is 5.02. The zero-order valence-electron chi connectivity index (χ0n) is 13.8. The first kappa shape index (κ1) is 17.5. The molecule has 0 atom stereocenters. The van der Waals surface area contributed by atoms with Crippen LogP contribution in [0.1, 0.15) is 42.2 Å². The molecule has 1 aliphatic rings. The van der Waals surface area contributed by atoms with Crippen LogP contribution in [0.3, 0.4) is 0 Å². The number of hydrogen-bond acceptors (Lipinski definition) is 3. The molecular weight excluding hydrogens is 385 g/mol. The van der Waals surface area contributed by atoms with Crippen molar-refractivity contribution < 1.29 is 14.4 Å². The smallest absolute Gasteiger partial charge is 0.258 e. The maximum Gasteiger partial charge on any atom is 0.258 e. The van der Waals surface area contributed by atoms with E-state index in [4.69, 9.17) is 23.2 Å². The molecule has 3 aromatic carbocycles. The van der Waals surface area contributed by atoms with Gasteiger partial charge in [0.2, 0.25) is 0 Å². The molecule has 0 bridgehead atoms. The monoisotopic (exact) mass is 395 g/mol. The minimum absolute atomic E-state index is 0.105. The van der Waals surface area contributed by atoms with Gasteiger partial charge in [-0.2, -0.15) is 0 Å². The zero-order valence-corrected chi connectivity index (χ0v) is 15.3. The molecule has 0 fully saturated rings. The average molecular weight is 396 g/mol. The summed E-state index contributed by atoms with van der Waals surface area (Å²) in [6.45, 7) is 0. The van der Waals surface area contributed by atoms with Crippen molar-refractivity contribution in [1.82, 2.24) is 0 Å². The Kier molecular flexibility index (Phi) is 4.30.